The van der Waals surface area contributed by atoms with Crippen LogP contribution in [0.25, 0.3) is 5.57 Å². The van der Waals surface area contributed by atoms with Crippen molar-refractivity contribution in [3.63, 3.8) is 0 Å². The largest absolute Gasteiger partial charge is 0.295 e. The highest BCUT2D eigenvalue weighted by molar-refractivity contribution is 6.05. The minimum atomic E-state index is -0.0493. The van der Waals surface area contributed by atoms with Crippen molar-refractivity contribution in [2.45, 2.75) is 27.7 Å². The molecule has 1 aliphatic rings. The topological polar surface area (TPSA) is 17.1 Å². The van der Waals surface area contributed by atoms with Crippen LogP contribution in [0, 0.1) is 18.3 Å². The maximum atomic E-state index is 11.8. The highest BCUT2D eigenvalue weighted by atomic mass is 16.1. The number of aryl methyl sites for hydroxylation is 1. The number of allylic oxidation sites excluding steroid dienone is 2. The summed E-state index contributed by atoms with van der Waals surface area (Å²) < 4.78 is 0. The Morgan fingerprint density at radius 1 is 1.12 bits per heavy atom. The molecule has 0 heterocycles. The van der Waals surface area contributed by atoms with Crippen LogP contribution in [0.3, 0.4) is 0 Å². The van der Waals surface area contributed by atoms with Gasteiger partial charge in [-0.25, -0.2) is 0 Å². The lowest BCUT2D eigenvalue weighted by Crippen LogP contribution is -2.22. The molecular formula is C15H18O. The SMILES string of the molecule is Cc1ccc(C2=CC(=O)C(C)C2(C)C)cc1. The molecule has 0 spiro atoms. The summed E-state index contributed by atoms with van der Waals surface area (Å²) in [4.78, 5) is 11.8. The molecule has 1 heteroatoms. The third-order valence-electron chi connectivity index (χ3n) is 3.85. The summed E-state index contributed by atoms with van der Waals surface area (Å²) in [5.74, 6) is 0.337. The van der Waals surface area contributed by atoms with Gasteiger partial charge in [-0.15, -0.1) is 0 Å². The minimum absolute atomic E-state index is 0.0493. The predicted octanol–water partition coefficient (Wildman–Crippen LogP) is 3.62. The average molecular weight is 214 g/mol. The summed E-state index contributed by atoms with van der Waals surface area (Å²) in [6.45, 7) is 8.38. The van der Waals surface area contributed by atoms with Crippen LogP contribution in [0.4, 0.5) is 0 Å². The second-order valence-electron chi connectivity index (χ2n) is 5.27. The molecule has 1 nitrogen and oxygen atoms in total. The standard InChI is InChI=1S/C15H18O/c1-10-5-7-12(8-6-10)13-9-14(16)11(2)15(13,3)4/h5-9,11H,1-4H3. The molecular weight excluding hydrogens is 196 g/mol. The molecule has 0 saturated carbocycles. The van der Waals surface area contributed by atoms with E-state index in [4.69, 9.17) is 0 Å². The van der Waals surface area contributed by atoms with Crippen LogP contribution in [0.5, 0.6) is 0 Å². The zero-order valence-electron chi connectivity index (χ0n) is 10.4. The van der Waals surface area contributed by atoms with Crippen LogP contribution in [0.1, 0.15) is 31.9 Å². The molecule has 0 fully saturated rings. The Bertz CT molecular complexity index is 449. The molecule has 0 aliphatic heterocycles. The fraction of sp³-hybridized carbons (Fsp3) is 0.400. The summed E-state index contributed by atoms with van der Waals surface area (Å²) in [5.41, 5.74) is 3.55. The number of ketones is 1. The second kappa shape index (κ2) is 3.58. The van der Waals surface area contributed by atoms with Gasteiger partial charge in [0.2, 0.25) is 0 Å². The van der Waals surface area contributed by atoms with Crippen molar-refractivity contribution in [3.8, 4) is 0 Å². The first kappa shape index (κ1) is 11.1. The smallest absolute Gasteiger partial charge is 0.159 e. The van der Waals surface area contributed by atoms with Crippen molar-refractivity contribution < 1.29 is 4.79 Å². The van der Waals surface area contributed by atoms with Gasteiger partial charge in [-0.05, 0) is 24.1 Å². The van der Waals surface area contributed by atoms with E-state index in [1.54, 1.807) is 0 Å². The van der Waals surface area contributed by atoms with Gasteiger partial charge < -0.3 is 0 Å². The summed E-state index contributed by atoms with van der Waals surface area (Å²) in [7, 11) is 0. The molecule has 1 atom stereocenters. The molecule has 0 aromatic heterocycles. The Hall–Kier alpha value is -1.37. The van der Waals surface area contributed by atoms with Gasteiger partial charge in [0.1, 0.15) is 0 Å². The van der Waals surface area contributed by atoms with Gasteiger partial charge in [-0.2, -0.15) is 0 Å². The zero-order valence-corrected chi connectivity index (χ0v) is 10.4. The summed E-state index contributed by atoms with van der Waals surface area (Å²) >= 11 is 0. The molecule has 0 saturated heterocycles. The summed E-state index contributed by atoms with van der Waals surface area (Å²) in [6.07, 6.45) is 1.81. The van der Waals surface area contributed by atoms with Crippen molar-refractivity contribution >= 4 is 11.4 Å². The van der Waals surface area contributed by atoms with Gasteiger partial charge in [-0.3, -0.25) is 4.79 Å². The van der Waals surface area contributed by atoms with E-state index >= 15 is 0 Å². The van der Waals surface area contributed by atoms with E-state index in [1.807, 2.05) is 13.0 Å². The number of hydrogen-bond acceptors (Lipinski definition) is 1. The Morgan fingerprint density at radius 2 is 1.69 bits per heavy atom. The Balaban J connectivity index is 2.46. The molecule has 16 heavy (non-hydrogen) atoms. The fourth-order valence-corrected chi connectivity index (χ4v) is 2.23. The zero-order chi connectivity index (χ0) is 11.9. The minimum Gasteiger partial charge on any atom is -0.295 e. The number of carbonyl (C=O) groups is 1. The summed E-state index contributed by atoms with van der Waals surface area (Å²) in [6, 6.07) is 8.40. The molecule has 0 radical (unpaired) electrons. The first-order chi connectivity index (χ1) is 7.43. The van der Waals surface area contributed by atoms with E-state index in [9.17, 15) is 4.79 Å². The van der Waals surface area contributed by atoms with Crippen molar-refractivity contribution in [3.05, 3.63) is 41.5 Å². The molecule has 1 aromatic carbocycles. The van der Waals surface area contributed by atoms with Crippen LogP contribution in [-0.2, 0) is 4.79 Å². The quantitative estimate of drug-likeness (QED) is 0.697. The van der Waals surface area contributed by atoms with Gasteiger partial charge in [-0.1, -0.05) is 50.6 Å². The maximum Gasteiger partial charge on any atom is 0.159 e. The lowest BCUT2D eigenvalue weighted by molar-refractivity contribution is -0.118. The lowest BCUT2D eigenvalue weighted by Gasteiger charge is -2.27. The first-order valence-corrected chi connectivity index (χ1v) is 5.76. The van der Waals surface area contributed by atoms with Gasteiger partial charge in [0, 0.05) is 11.3 Å². The van der Waals surface area contributed by atoms with E-state index in [0.29, 0.717) is 0 Å². The van der Waals surface area contributed by atoms with Crippen molar-refractivity contribution in [2.24, 2.45) is 11.3 Å². The van der Waals surface area contributed by atoms with Gasteiger partial charge in [0.05, 0.1) is 0 Å². The van der Waals surface area contributed by atoms with Crippen LogP contribution in [0.15, 0.2) is 30.3 Å². The Morgan fingerprint density at radius 3 is 2.12 bits per heavy atom. The van der Waals surface area contributed by atoms with Gasteiger partial charge >= 0.3 is 0 Å². The van der Waals surface area contributed by atoms with Crippen LogP contribution >= 0.6 is 0 Å². The van der Waals surface area contributed by atoms with Crippen LogP contribution in [-0.4, -0.2) is 5.78 Å². The van der Waals surface area contributed by atoms with Crippen molar-refractivity contribution in [1.29, 1.82) is 0 Å². The number of benzene rings is 1. The van der Waals surface area contributed by atoms with Gasteiger partial charge in [0.15, 0.2) is 5.78 Å². The molecule has 0 amide bonds. The van der Waals surface area contributed by atoms with E-state index in [1.165, 1.54) is 16.7 Å². The van der Waals surface area contributed by atoms with Crippen molar-refractivity contribution in [1.82, 2.24) is 0 Å². The van der Waals surface area contributed by atoms with E-state index in [0.717, 1.165) is 0 Å². The van der Waals surface area contributed by atoms with E-state index in [2.05, 4.69) is 45.0 Å². The molecule has 1 aromatic rings. The molecule has 1 aliphatic carbocycles. The highest BCUT2D eigenvalue weighted by Gasteiger charge is 2.40. The number of carbonyl (C=O) groups excluding carboxylic acids is 1. The molecule has 0 N–H and O–H groups in total. The monoisotopic (exact) mass is 214 g/mol. The third kappa shape index (κ3) is 1.60. The third-order valence-corrected chi connectivity index (χ3v) is 3.85. The van der Waals surface area contributed by atoms with Crippen LogP contribution < -0.4 is 0 Å². The van der Waals surface area contributed by atoms with Gasteiger partial charge in [0.25, 0.3) is 0 Å². The average Bonchev–Trinajstić information content (AvgIpc) is 2.44. The Kier molecular flexibility index (Phi) is 2.49. The van der Waals surface area contributed by atoms with E-state index in [-0.39, 0.29) is 17.1 Å². The molecule has 2 rings (SSSR count). The molecule has 84 valence electrons. The lowest BCUT2D eigenvalue weighted by atomic mass is 9.76. The molecule has 0 bridgehead atoms. The molecule has 1 unspecified atom stereocenters. The second-order valence-corrected chi connectivity index (χ2v) is 5.27. The van der Waals surface area contributed by atoms with E-state index < -0.39 is 0 Å². The Labute approximate surface area is 97.2 Å². The number of hydrogen-bond donors (Lipinski definition) is 0. The first-order valence-electron chi connectivity index (χ1n) is 5.76. The summed E-state index contributed by atoms with van der Waals surface area (Å²) in [5, 5.41) is 0. The maximum absolute atomic E-state index is 11.8. The normalized spacial score (nSPS) is 23.4. The van der Waals surface area contributed by atoms with Crippen molar-refractivity contribution in [2.75, 3.05) is 0 Å². The fourth-order valence-electron chi connectivity index (χ4n) is 2.23. The highest BCUT2D eigenvalue weighted by Crippen LogP contribution is 2.46. The predicted molar refractivity (Wildman–Crippen MR) is 67.1 cm³/mol. The van der Waals surface area contributed by atoms with Crippen LogP contribution in [0.2, 0.25) is 0 Å². The number of rotatable bonds is 1.